The van der Waals surface area contributed by atoms with Crippen LogP contribution in [-0.4, -0.2) is 104 Å². The van der Waals surface area contributed by atoms with E-state index >= 15 is 13.2 Å². The van der Waals surface area contributed by atoms with Crippen LogP contribution in [0.15, 0.2) is 72.8 Å². The van der Waals surface area contributed by atoms with Crippen molar-refractivity contribution in [1.29, 1.82) is 0 Å². The highest BCUT2D eigenvalue weighted by Crippen LogP contribution is 2.51. The molecule has 0 amide bonds. The van der Waals surface area contributed by atoms with Gasteiger partial charge in [-0.25, -0.2) is 13.2 Å². The van der Waals surface area contributed by atoms with E-state index in [1.807, 2.05) is 53.4 Å². The second-order valence-corrected chi connectivity index (χ2v) is 16.4. The first-order valence-corrected chi connectivity index (χ1v) is 19.6. The molecule has 1 aromatic heterocycles. The Balaban J connectivity index is 1.14. The van der Waals surface area contributed by atoms with E-state index in [4.69, 9.17) is 23.9 Å². The molecule has 4 heterocycles. The summed E-state index contributed by atoms with van der Waals surface area (Å²) in [5, 5.41) is 1.61. The molecule has 5 aromatic rings. The van der Waals surface area contributed by atoms with Gasteiger partial charge in [0.2, 0.25) is 0 Å². The number of piperazine rings is 1. The minimum atomic E-state index is -1.08. The van der Waals surface area contributed by atoms with Gasteiger partial charge in [0, 0.05) is 55.2 Å². The molecule has 4 atom stereocenters. The number of anilines is 1. The highest BCUT2D eigenvalue weighted by Gasteiger charge is 2.54. The van der Waals surface area contributed by atoms with Gasteiger partial charge in [0.05, 0.1) is 31.4 Å². The summed E-state index contributed by atoms with van der Waals surface area (Å²) in [4.78, 5) is 16.2. The van der Waals surface area contributed by atoms with Crippen molar-refractivity contribution in [2.75, 3.05) is 65.3 Å². The van der Waals surface area contributed by atoms with Crippen LogP contribution in [0.5, 0.6) is 11.8 Å². The Morgan fingerprint density at radius 2 is 1.73 bits per heavy atom. The van der Waals surface area contributed by atoms with Crippen LogP contribution >= 0.6 is 0 Å². The van der Waals surface area contributed by atoms with Gasteiger partial charge < -0.3 is 23.8 Å². The second kappa shape index (κ2) is 14.5. The first kappa shape index (κ1) is 37.1. The Labute approximate surface area is 325 Å². The van der Waals surface area contributed by atoms with Crippen LogP contribution in [0.1, 0.15) is 38.7 Å². The minimum absolute atomic E-state index is 0.00726. The van der Waals surface area contributed by atoms with Crippen molar-refractivity contribution in [2.45, 2.75) is 62.9 Å². The quantitative estimate of drug-likeness (QED) is 0.126. The lowest BCUT2D eigenvalue weighted by molar-refractivity contribution is -0.0335. The number of alkyl halides is 1. The van der Waals surface area contributed by atoms with E-state index in [1.54, 1.807) is 6.07 Å². The normalized spacial score (nSPS) is 23.9. The predicted octanol–water partition coefficient (Wildman–Crippen LogP) is 7.74. The number of halogens is 3. The fourth-order valence-electron chi connectivity index (χ4n) is 9.62. The van der Waals surface area contributed by atoms with Gasteiger partial charge in [-0.15, -0.1) is 0 Å². The average molecular weight is 768 g/mol. The molecule has 4 aromatic carbocycles. The number of methoxy groups -OCH3 is 1. The Hall–Kier alpha value is -4.49. The molecule has 12 heteroatoms. The van der Waals surface area contributed by atoms with Crippen LogP contribution in [0, 0.1) is 17.0 Å². The smallest absolute Gasteiger partial charge is 0.319 e. The summed E-state index contributed by atoms with van der Waals surface area (Å²) in [5.74, 6) is -0.860. The van der Waals surface area contributed by atoms with E-state index in [1.165, 1.54) is 13.2 Å². The number of likely N-dealkylation sites (N-methyl/N-ethyl adjacent to an activating group) is 1. The van der Waals surface area contributed by atoms with Gasteiger partial charge in [0.25, 0.3) is 0 Å². The zero-order valence-corrected chi connectivity index (χ0v) is 32.3. The topological polar surface area (TPSA) is 72.4 Å². The highest BCUT2D eigenvalue weighted by molar-refractivity contribution is 6.01. The van der Waals surface area contributed by atoms with E-state index in [9.17, 15) is 0 Å². The molecular formula is C44H48F3N5O4. The molecule has 1 aliphatic carbocycles. The van der Waals surface area contributed by atoms with E-state index in [-0.39, 0.29) is 53.3 Å². The van der Waals surface area contributed by atoms with Gasteiger partial charge >= 0.3 is 6.01 Å². The third-order valence-corrected chi connectivity index (χ3v) is 12.7. The maximum absolute atomic E-state index is 17.4. The van der Waals surface area contributed by atoms with E-state index in [0.717, 1.165) is 30.3 Å². The van der Waals surface area contributed by atoms with Gasteiger partial charge in [-0.1, -0.05) is 54.6 Å². The third kappa shape index (κ3) is 6.44. The number of aromatic nitrogens is 2. The summed E-state index contributed by atoms with van der Waals surface area (Å²) in [5.41, 5.74) is 0.540. The van der Waals surface area contributed by atoms with Crippen LogP contribution in [-0.2, 0) is 15.0 Å². The van der Waals surface area contributed by atoms with Crippen molar-refractivity contribution in [2.24, 2.45) is 5.41 Å². The summed E-state index contributed by atoms with van der Waals surface area (Å²) >= 11 is 0. The van der Waals surface area contributed by atoms with Crippen molar-refractivity contribution < 1.29 is 32.1 Å². The summed E-state index contributed by atoms with van der Waals surface area (Å²) in [6, 6.07) is 21.8. The molecule has 0 radical (unpaired) electrons. The Morgan fingerprint density at radius 3 is 2.48 bits per heavy atom. The Kier molecular flexibility index (Phi) is 9.59. The lowest BCUT2D eigenvalue weighted by Crippen LogP contribution is -2.60. The molecule has 4 fully saturated rings. The fraction of sp³-hybridized carbons (Fsp3) is 0.455. The number of fused-ring (bicyclic) bond motifs is 4. The molecule has 1 saturated carbocycles. The van der Waals surface area contributed by atoms with Crippen LogP contribution in [0.4, 0.5) is 19.0 Å². The minimum Gasteiger partial charge on any atom is -0.468 e. The molecule has 9 nitrogen and oxygen atoms in total. The number of benzene rings is 4. The van der Waals surface area contributed by atoms with Gasteiger partial charge in [0.15, 0.2) is 12.6 Å². The third-order valence-electron chi connectivity index (χ3n) is 12.7. The number of hydrogen-bond donors (Lipinski definition) is 0. The lowest BCUT2D eigenvalue weighted by Gasteiger charge is -2.49. The van der Waals surface area contributed by atoms with Crippen LogP contribution in [0.2, 0.25) is 0 Å². The highest BCUT2D eigenvalue weighted by atomic mass is 19.1. The molecule has 3 aliphatic heterocycles. The average Bonchev–Trinajstić information content (AvgIpc) is 3.96. The van der Waals surface area contributed by atoms with Crippen molar-refractivity contribution >= 4 is 27.5 Å². The number of morpholine rings is 1. The first-order chi connectivity index (χ1) is 27.1. The zero-order chi connectivity index (χ0) is 38.8. The monoisotopic (exact) mass is 767 g/mol. The molecule has 0 spiro atoms. The molecule has 9 rings (SSSR count). The summed E-state index contributed by atoms with van der Waals surface area (Å²) in [6.07, 6.45) is 1.20. The maximum atomic E-state index is 17.4. The predicted molar refractivity (Wildman–Crippen MR) is 210 cm³/mol. The van der Waals surface area contributed by atoms with Crippen molar-refractivity contribution in [3.8, 4) is 22.9 Å². The van der Waals surface area contributed by atoms with Gasteiger partial charge in [-0.2, -0.15) is 9.97 Å². The first-order valence-electron chi connectivity index (χ1n) is 19.6. The van der Waals surface area contributed by atoms with Gasteiger partial charge in [0.1, 0.15) is 29.1 Å². The summed E-state index contributed by atoms with van der Waals surface area (Å²) in [7, 11) is 3.62. The molecule has 4 unspecified atom stereocenters. The number of nitrogens with zero attached hydrogens (tertiary/aromatic N) is 5. The van der Waals surface area contributed by atoms with Crippen LogP contribution in [0.25, 0.3) is 32.8 Å². The fourth-order valence-corrected chi connectivity index (χ4v) is 9.62. The summed E-state index contributed by atoms with van der Waals surface area (Å²) < 4.78 is 73.3. The standard InChI is InChI=1S/C44H48F3N5O4/c1-43(2,28-11-6-5-7-12-28)52-29-19-34(45)36(52)23-51(22-29)41-33-21-35(46)38(32-20-30(56-26-53-4)18-27-10-8-9-13-31(27)32)39(47)40(33)48-42(49-41)55-25-44(14-15-44)37-24-54-17-16-50(37)3/h5-13,18,20-21,29,34,36-37H,14-17,19,22-26H2,1-4H3. The molecule has 4 aliphatic rings. The molecule has 2 bridgehead atoms. The van der Waals surface area contributed by atoms with Gasteiger partial charge in [-0.3, -0.25) is 9.80 Å². The Morgan fingerprint density at radius 1 is 0.946 bits per heavy atom. The van der Waals surface area contributed by atoms with E-state index in [0.29, 0.717) is 55.3 Å². The van der Waals surface area contributed by atoms with Gasteiger partial charge in [-0.05, 0) is 80.3 Å². The molecule has 56 heavy (non-hydrogen) atoms. The Bertz CT molecular complexity index is 2260. The maximum Gasteiger partial charge on any atom is 0.319 e. The zero-order valence-electron chi connectivity index (χ0n) is 32.3. The number of ether oxygens (including phenoxy) is 4. The van der Waals surface area contributed by atoms with Crippen molar-refractivity contribution in [3.63, 3.8) is 0 Å². The van der Waals surface area contributed by atoms with Crippen LogP contribution in [0.3, 0.4) is 0 Å². The molecule has 0 N–H and O–H groups in total. The van der Waals surface area contributed by atoms with E-state index < -0.39 is 29.4 Å². The second-order valence-electron chi connectivity index (χ2n) is 16.4. The molecular weight excluding hydrogens is 720 g/mol. The van der Waals surface area contributed by atoms with Crippen molar-refractivity contribution in [1.82, 2.24) is 19.8 Å². The number of rotatable bonds is 11. The van der Waals surface area contributed by atoms with Crippen LogP contribution < -0.4 is 14.4 Å². The summed E-state index contributed by atoms with van der Waals surface area (Å²) in [6.45, 7) is 7.40. The largest absolute Gasteiger partial charge is 0.468 e. The van der Waals surface area contributed by atoms with E-state index in [2.05, 4.69) is 47.8 Å². The molecule has 3 saturated heterocycles. The van der Waals surface area contributed by atoms with Crippen molar-refractivity contribution in [3.05, 3.63) is 90.0 Å². The molecule has 294 valence electrons. The number of hydrogen-bond acceptors (Lipinski definition) is 9. The SMILES string of the molecule is COCOc1cc(-c2c(F)cc3c(N4CC5CC(F)C(C4)N5C(C)(C)c4ccccc4)nc(OCC4(C5COCCN5C)CC4)nc3c2F)c2ccccc2c1. The lowest BCUT2D eigenvalue weighted by atomic mass is 9.89.